The fourth-order valence-corrected chi connectivity index (χ4v) is 7.76. The van der Waals surface area contributed by atoms with Crippen LogP contribution in [-0.4, -0.2) is 64.9 Å². The zero-order valence-electron chi connectivity index (χ0n) is 41.5. The second kappa shape index (κ2) is 48.4. The largest absolute Gasteiger partial charge is 0.480 e. The van der Waals surface area contributed by atoms with Crippen molar-refractivity contribution in [3.8, 4) is 0 Å². The Labute approximate surface area is 401 Å². The average molecular weight is 948 g/mol. The number of aliphatic carboxylic acids is 1. The highest BCUT2D eigenvalue weighted by Crippen LogP contribution is 2.43. The van der Waals surface area contributed by atoms with Gasteiger partial charge in [0, 0.05) is 12.8 Å². The van der Waals surface area contributed by atoms with Crippen LogP contribution in [-0.2, 0) is 32.7 Å². The number of unbranched alkanes of at least 4 members (excludes halogenated alkanes) is 22. The van der Waals surface area contributed by atoms with E-state index in [1.807, 2.05) is 0 Å². The van der Waals surface area contributed by atoms with Crippen LogP contribution in [0.4, 0.5) is 0 Å². The molecule has 0 bridgehead atoms. The van der Waals surface area contributed by atoms with Gasteiger partial charge >= 0.3 is 19.8 Å². The third-order valence-corrected chi connectivity index (χ3v) is 11.9. The van der Waals surface area contributed by atoms with E-state index in [1.165, 1.54) is 96.3 Å². The molecule has 0 heterocycles. The lowest BCUT2D eigenvalue weighted by Crippen LogP contribution is -2.43. The summed E-state index contributed by atoms with van der Waals surface area (Å²) in [6.45, 7) is 2.48. The number of amides is 1. The molecule has 66 heavy (non-hydrogen) atoms. The van der Waals surface area contributed by atoms with Gasteiger partial charge in [0.05, 0.1) is 13.2 Å². The fraction of sp³-hybridized carbons (Fsp3) is 0.722. The third kappa shape index (κ3) is 47.4. The van der Waals surface area contributed by atoms with Crippen molar-refractivity contribution in [2.75, 3.05) is 19.8 Å². The van der Waals surface area contributed by atoms with Crippen molar-refractivity contribution < 1.29 is 47.8 Å². The van der Waals surface area contributed by atoms with Crippen LogP contribution in [0, 0.1) is 0 Å². The Morgan fingerprint density at radius 1 is 0.500 bits per heavy atom. The number of rotatable bonds is 48. The number of esters is 1. The first-order valence-electron chi connectivity index (χ1n) is 26.0. The fourth-order valence-electron chi connectivity index (χ4n) is 6.98. The molecular formula is C54H94NO10P. The number of carbonyl (C=O) groups is 3. The van der Waals surface area contributed by atoms with Crippen LogP contribution in [0.5, 0.6) is 0 Å². The number of phosphoric acid groups is 1. The molecule has 3 unspecified atom stereocenters. The van der Waals surface area contributed by atoms with Crippen molar-refractivity contribution in [1.29, 1.82) is 0 Å². The number of ether oxygens (including phenoxy) is 1. The number of carboxylic acid groups (broad SMARTS) is 1. The summed E-state index contributed by atoms with van der Waals surface area (Å²) in [5, 5.41) is 21.9. The van der Waals surface area contributed by atoms with Gasteiger partial charge in [-0.25, -0.2) is 9.36 Å². The molecule has 0 aliphatic heterocycles. The first-order chi connectivity index (χ1) is 32.1. The molecule has 12 heteroatoms. The van der Waals surface area contributed by atoms with Gasteiger partial charge in [0.25, 0.3) is 0 Å². The minimum absolute atomic E-state index is 0.141. The standard InChI is InChI=1S/C54H94NO10P/c1-3-5-7-9-11-13-15-17-19-21-23-24-25-26-28-30-32-34-36-38-40-42-44-46-53(58)63-47-50(56)48-64-66(61,62)65-49-51(54(59)60)55-52(57)45-43-41-39-37-35-33-31-29-27-22-20-18-16-14-12-10-8-6-4-2/h5,7,11,13,17-20,23-24,26,28,50-51,56H,3-4,6,8-10,12,14-16,21-22,25,27,29-49H2,1-2H3,(H,55,57)(H,59,60)(H,61,62)/b7-5-,13-11-,19-17-,20-18+,24-23-,28-26-. The van der Waals surface area contributed by atoms with Gasteiger partial charge in [-0.2, -0.15) is 0 Å². The maximum Gasteiger partial charge on any atom is 0.472 e. The molecule has 380 valence electrons. The van der Waals surface area contributed by atoms with Gasteiger partial charge in [-0.3, -0.25) is 18.6 Å². The van der Waals surface area contributed by atoms with E-state index in [-0.39, 0.29) is 12.8 Å². The van der Waals surface area contributed by atoms with E-state index >= 15 is 0 Å². The van der Waals surface area contributed by atoms with Crippen molar-refractivity contribution >= 4 is 25.7 Å². The van der Waals surface area contributed by atoms with Crippen molar-refractivity contribution in [2.24, 2.45) is 0 Å². The summed E-state index contributed by atoms with van der Waals surface area (Å²) in [5.41, 5.74) is 0. The quantitative estimate of drug-likeness (QED) is 0.0199. The third-order valence-electron chi connectivity index (χ3n) is 11.0. The predicted octanol–water partition coefficient (Wildman–Crippen LogP) is 14.5. The van der Waals surface area contributed by atoms with E-state index in [2.05, 4.69) is 92.1 Å². The number of aliphatic hydroxyl groups is 1. The van der Waals surface area contributed by atoms with Gasteiger partial charge < -0.3 is 25.2 Å². The van der Waals surface area contributed by atoms with Crippen LogP contribution in [0.2, 0.25) is 0 Å². The molecule has 4 N–H and O–H groups in total. The molecule has 0 rings (SSSR count). The molecule has 0 radical (unpaired) electrons. The van der Waals surface area contributed by atoms with E-state index in [0.29, 0.717) is 12.8 Å². The number of hydrogen-bond donors (Lipinski definition) is 4. The summed E-state index contributed by atoms with van der Waals surface area (Å²) in [5.74, 6) is -2.39. The van der Waals surface area contributed by atoms with Crippen molar-refractivity contribution in [1.82, 2.24) is 5.32 Å². The topological polar surface area (TPSA) is 169 Å². The normalized spacial score (nSPS) is 14.1. The zero-order chi connectivity index (χ0) is 48.4. The van der Waals surface area contributed by atoms with E-state index in [9.17, 15) is 34.1 Å². The highest BCUT2D eigenvalue weighted by molar-refractivity contribution is 7.47. The van der Waals surface area contributed by atoms with E-state index in [1.54, 1.807) is 0 Å². The summed E-state index contributed by atoms with van der Waals surface area (Å²) in [7, 11) is -4.77. The van der Waals surface area contributed by atoms with Crippen LogP contribution >= 0.6 is 7.82 Å². The molecule has 0 fully saturated rings. The molecule has 0 saturated carbocycles. The van der Waals surface area contributed by atoms with Crippen LogP contribution in [0.25, 0.3) is 0 Å². The van der Waals surface area contributed by atoms with Gasteiger partial charge in [0.15, 0.2) is 6.04 Å². The Hall–Kier alpha value is -3.08. The molecule has 11 nitrogen and oxygen atoms in total. The maximum atomic E-state index is 12.4. The predicted molar refractivity (Wildman–Crippen MR) is 272 cm³/mol. The van der Waals surface area contributed by atoms with Gasteiger partial charge in [-0.1, -0.05) is 196 Å². The Bertz CT molecular complexity index is 1390. The Morgan fingerprint density at radius 3 is 1.33 bits per heavy atom. The molecule has 0 aromatic carbocycles. The zero-order valence-corrected chi connectivity index (χ0v) is 42.4. The van der Waals surface area contributed by atoms with Gasteiger partial charge in [0.1, 0.15) is 12.7 Å². The maximum absolute atomic E-state index is 12.4. The van der Waals surface area contributed by atoms with Crippen molar-refractivity contribution in [2.45, 2.75) is 231 Å². The number of aliphatic hydroxyl groups excluding tert-OH is 1. The number of allylic oxidation sites excluding steroid dienone is 12. The SMILES string of the molecule is CC/C=C\C/C=C\C/C=C\C/C=C\C/C=C\CCCCCCCCCC(=O)OCC(O)COP(=O)(O)OCC(NC(=O)CCCCCCCCCCC/C=C/CCCCCCCC)C(=O)O. The highest BCUT2D eigenvalue weighted by Gasteiger charge is 2.28. The number of hydrogen-bond acceptors (Lipinski definition) is 8. The van der Waals surface area contributed by atoms with E-state index in [0.717, 1.165) is 83.5 Å². The Kier molecular flexibility index (Phi) is 46.1. The lowest BCUT2D eigenvalue weighted by atomic mass is 10.1. The van der Waals surface area contributed by atoms with Crippen LogP contribution in [0.3, 0.4) is 0 Å². The van der Waals surface area contributed by atoms with Crippen LogP contribution < -0.4 is 5.32 Å². The Balaban J connectivity index is 3.85. The lowest BCUT2D eigenvalue weighted by molar-refractivity contribution is -0.147. The first kappa shape index (κ1) is 62.9. The summed E-state index contributed by atoms with van der Waals surface area (Å²) in [4.78, 5) is 46.1. The molecule has 3 atom stereocenters. The molecule has 0 aromatic rings. The molecule has 0 saturated heterocycles. The number of carbonyl (C=O) groups excluding carboxylic acids is 2. The second-order valence-corrected chi connectivity index (χ2v) is 18.8. The van der Waals surface area contributed by atoms with Crippen LogP contribution in [0.1, 0.15) is 219 Å². The van der Waals surface area contributed by atoms with Crippen molar-refractivity contribution in [3.63, 3.8) is 0 Å². The summed E-state index contributed by atoms with van der Waals surface area (Å²) >= 11 is 0. The molecular weight excluding hydrogens is 854 g/mol. The summed E-state index contributed by atoms with van der Waals surface area (Å²) < 4.78 is 27.0. The summed E-state index contributed by atoms with van der Waals surface area (Å²) in [6.07, 6.45) is 59.2. The van der Waals surface area contributed by atoms with Crippen LogP contribution in [0.15, 0.2) is 72.9 Å². The first-order valence-corrected chi connectivity index (χ1v) is 27.5. The smallest absolute Gasteiger partial charge is 0.472 e. The average Bonchev–Trinajstić information content (AvgIpc) is 3.29. The second-order valence-electron chi connectivity index (χ2n) is 17.3. The minimum atomic E-state index is -4.77. The van der Waals surface area contributed by atoms with E-state index in [4.69, 9.17) is 13.8 Å². The highest BCUT2D eigenvalue weighted by atomic mass is 31.2. The lowest BCUT2D eigenvalue weighted by Gasteiger charge is -2.18. The molecule has 0 spiro atoms. The molecule has 0 aromatic heterocycles. The monoisotopic (exact) mass is 948 g/mol. The number of nitrogens with one attached hydrogen (secondary N) is 1. The number of phosphoric ester groups is 1. The van der Waals surface area contributed by atoms with Gasteiger partial charge in [-0.15, -0.1) is 0 Å². The van der Waals surface area contributed by atoms with Gasteiger partial charge in [-0.05, 0) is 83.5 Å². The van der Waals surface area contributed by atoms with E-state index < -0.39 is 57.6 Å². The van der Waals surface area contributed by atoms with Crippen molar-refractivity contribution in [3.05, 3.63) is 72.9 Å². The summed E-state index contributed by atoms with van der Waals surface area (Å²) in [6, 6.07) is -1.55. The van der Waals surface area contributed by atoms with Gasteiger partial charge in [0.2, 0.25) is 5.91 Å². The molecule has 0 aliphatic rings. The molecule has 1 amide bonds. The Morgan fingerprint density at radius 2 is 0.879 bits per heavy atom. The molecule has 0 aliphatic carbocycles. The minimum Gasteiger partial charge on any atom is -0.480 e. The number of carboxylic acids is 1.